The average molecular weight is 263 g/mol. The lowest BCUT2D eigenvalue weighted by molar-refractivity contribution is 0.138. The number of urea groups is 1. The minimum atomic E-state index is -0.487. The zero-order valence-corrected chi connectivity index (χ0v) is 11.5. The van der Waals surface area contributed by atoms with Gasteiger partial charge in [0.1, 0.15) is 11.4 Å². The van der Waals surface area contributed by atoms with Gasteiger partial charge in [-0.15, -0.1) is 0 Å². The van der Waals surface area contributed by atoms with E-state index >= 15 is 0 Å². The molecule has 1 aromatic carbocycles. The molecule has 5 heteroatoms. The predicted molar refractivity (Wildman–Crippen MR) is 74.1 cm³/mol. The van der Waals surface area contributed by atoms with Gasteiger partial charge in [0.2, 0.25) is 0 Å². The number of benzene rings is 1. The molecular weight excluding hydrogens is 242 g/mol. The summed E-state index contributed by atoms with van der Waals surface area (Å²) in [4.78, 5) is 10.5. The van der Waals surface area contributed by atoms with Crippen molar-refractivity contribution >= 4 is 6.03 Å². The number of amides is 2. The molecule has 19 heavy (non-hydrogen) atoms. The number of ether oxygens (including phenoxy) is 1. The highest BCUT2D eigenvalue weighted by Gasteiger charge is 2.29. The summed E-state index contributed by atoms with van der Waals surface area (Å²) in [6, 6.07) is 5.79. The first kappa shape index (κ1) is 13.7. The SMILES string of the molecule is CC1(C)Cc2cc(CNCCNC(N)=O)ccc2O1. The fraction of sp³-hybridized carbons (Fsp3) is 0.500. The zero-order chi connectivity index (χ0) is 13.9. The van der Waals surface area contributed by atoms with Gasteiger partial charge in [0.05, 0.1) is 0 Å². The van der Waals surface area contributed by atoms with Crippen LogP contribution in [-0.2, 0) is 13.0 Å². The number of nitrogens with two attached hydrogens (primary N) is 1. The molecule has 0 unspecified atom stereocenters. The molecule has 1 heterocycles. The predicted octanol–water partition coefficient (Wildman–Crippen LogP) is 1.16. The van der Waals surface area contributed by atoms with Crippen LogP contribution in [0.25, 0.3) is 0 Å². The highest BCUT2D eigenvalue weighted by Crippen LogP contribution is 2.35. The van der Waals surface area contributed by atoms with E-state index in [2.05, 4.69) is 36.6 Å². The molecule has 0 atom stereocenters. The highest BCUT2D eigenvalue weighted by molar-refractivity contribution is 5.71. The minimum absolute atomic E-state index is 0.0974. The van der Waals surface area contributed by atoms with Gasteiger partial charge in [-0.05, 0) is 31.0 Å². The van der Waals surface area contributed by atoms with Gasteiger partial charge in [0.15, 0.2) is 0 Å². The first-order chi connectivity index (χ1) is 8.96. The Morgan fingerprint density at radius 1 is 1.42 bits per heavy atom. The Hall–Kier alpha value is -1.75. The van der Waals surface area contributed by atoms with Gasteiger partial charge < -0.3 is 21.1 Å². The number of nitrogens with one attached hydrogen (secondary N) is 2. The maximum absolute atomic E-state index is 10.5. The molecule has 0 aliphatic carbocycles. The number of rotatable bonds is 5. The van der Waals surface area contributed by atoms with E-state index in [1.54, 1.807) is 0 Å². The Kier molecular flexibility index (Phi) is 3.95. The van der Waals surface area contributed by atoms with Crippen molar-refractivity contribution in [2.45, 2.75) is 32.4 Å². The molecule has 0 spiro atoms. The lowest BCUT2D eigenvalue weighted by atomic mass is 10.0. The van der Waals surface area contributed by atoms with E-state index in [4.69, 9.17) is 10.5 Å². The highest BCUT2D eigenvalue weighted by atomic mass is 16.5. The Morgan fingerprint density at radius 3 is 2.95 bits per heavy atom. The summed E-state index contributed by atoms with van der Waals surface area (Å²) in [7, 11) is 0. The third-order valence-electron chi connectivity index (χ3n) is 3.06. The molecular formula is C14H21N3O2. The van der Waals surface area contributed by atoms with E-state index in [0.717, 1.165) is 18.7 Å². The van der Waals surface area contributed by atoms with Gasteiger partial charge in [0.25, 0.3) is 0 Å². The molecule has 1 aliphatic rings. The van der Waals surface area contributed by atoms with Crippen molar-refractivity contribution in [2.75, 3.05) is 13.1 Å². The van der Waals surface area contributed by atoms with Crippen LogP contribution in [0.15, 0.2) is 18.2 Å². The van der Waals surface area contributed by atoms with E-state index in [0.29, 0.717) is 13.1 Å². The zero-order valence-electron chi connectivity index (χ0n) is 11.5. The summed E-state index contributed by atoms with van der Waals surface area (Å²) in [6.07, 6.45) is 0.944. The van der Waals surface area contributed by atoms with E-state index in [9.17, 15) is 4.79 Å². The van der Waals surface area contributed by atoms with E-state index in [1.807, 2.05) is 6.07 Å². The Morgan fingerprint density at radius 2 is 2.21 bits per heavy atom. The quantitative estimate of drug-likeness (QED) is 0.698. The summed E-state index contributed by atoms with van der Waals surface area (Å²) in [5, 5.41) is 5.80. The monoisotopic (exact) mass is 263 g/mol. The lowest BCUT2D eigenvalue weighted by Crippen LogP contribution is -2.35. The van der Waals surface area contributed by atoms with Crippen LogP contribution in [0.5, 0.6) is 5.75 Å². The van der Waals surface area contributed by atoms with Crippen LogP contribution in [0, 0.1) is 0 Å². The number of carbonyl (C=O) groups excluding carboxylic acids is 1. The molecule has 1 aliphatic heterocycles. The van der Waals surface area contributed by atoms with Crippen LogP contribution >= 0.6 is 0 Å². The van der Waals surface area contributed by atoms with Gasteiger partial charge in [-0.3, -0.25) is 0 Å². The third kappa shape index (κ3) is 3.86. The van der Waals surface area contributed by atoms with Gasteiger partial charge in [-0.1, -0.05) is 12.1 Å². The average Bonchev–Trinajstić information content (AvgIpc) is 2.61. The summed E-state index contributed by atoms with van der Waals surface area (Å²) in [6.45, 7) is 6.20. The molecule has 0 aromatic heterocycles. The molecule has 5 nitrogen and oxygen atoms in total. The second-order valence-corrected chi connectivity index (χ2v) is 5.45. The largest absolute Gasteiger partial charge is 0.487 e. The van der Waals surface area contributed by atoms with E-state index < -0.39 is 6.03 Å². The van der Waals surface area contributed by atoms with Crippen LogP contribution < -0.4 is 21.1 Å². The van der Waals surface area contributed by atoms with Crippen molar-refractivity contribution in [2.24, 2.45) is 5.73 Å². The fourth-order valence-electron chi connectivity index (χ4n) is 2.28. The topological polar surface area (TPSA) is 76.4 Å². The van der Waals surface area contributed by atoms with Crippen LogP contribution in [0.4, 0.5) is 4.79 Å². The number of hydrogen-bond acceptors (Lipinski definition) is 3. The molecule has 2 amide bonds. The smallest absolute Gasteiger partial charge is 0.312 e. The van der Waals surface area contributed by atoms with Crippen molar-refractivity contribution in [3.05, 3.63) is 29.3 Å². The molecule has 104 valence electrons. The summed E-state index contributed by atoms with van der Waals surface area (Å²) < 4.78 is 5.84. The number of primary amides is 1. The van der Waals surface area contributed by atoms with Crippen molar-refractivity contribution in [3.63, 3.8) is 0 Å². The molecule has 0 fully saturated rings. The van der Waals surface area contributed by atoms with E-state index in [1.165, 1.54) is 11.1 Å². The summed E-state index contributed by atoms with van der Waals surface area (Å²) >= 11 is 0. The van der Waals surface area contributed by atoms with E-state index in [-0.39, 0.29) is 5.60 Å². The van der Waals surface area contributed by atoms with Crippen LogP contribution in [0.3, 0.4) is 0 Å². The van der Waals surface area contributed by atoms with Gasteiger partial charge >= 0.3 is 6.03 Å². The fourth-order valence-corrected chi connectivity index (χ4v) is 2.28. The molecule has 0 saturated heterocycles. The lowest BCUT2D eigenvalue weighted by Gasteiger charge is -2.16. The molecule has 0 saturated carbocycles. The first-order valence-electron chi connectivity index (χ1n) is 6.51. The maximum atomic E-state index is 10.5. The van der Waals surface area contributed by atoms with Crippen molar-refractivity contribution in [1.82, 2.24) is 10.6 Å². The van der Waals surface area contributed by atoms with Crippen molar-refractivity contribution in [1.29, 1.82) is 0 Å². The summed E-state index contributed by atoms with van der Waals surface area (Å²) in [5.41, 5.74) is 7.37. The Balaban J connectivity index is 1.82. The second kappa shape index (κ2) is 5.48. The first-order valence-corrected chi connectivity index (χ1v) is 6.51. The van der Waals surface area contributed by atoms with Crippen LogP contribution in [-0.4, -0.2) is 24.7 Å². The molecule has 1 aromatic rings. The minimum Gasteiger partial charge on any atom is -0.487 e. The molecule has 2 rings (SSSR count). The Bertz CT molecular complexity index is 472. The maximum Gasteiger partial charge on any atom is 0.312 e. The molecule has 0 bridgehead atoms. The number of hydrogen-bond donors (Lipinski definition) is 3. The van der Waals surface area contributed by atoms with Crippen molar-refractivity contribution in [3.8, 4) is 5.75 Å². The normalized spacial score (nSPS) is 15.7. The third-order valence-corrected chi connectivity index (χ3v) is 3.06. The van der Waals surface area contributed by atoms with Gasteiger partial charge in [-0.25, -0.2) is 4.79 Å². The van der Waals surface area contributed by atoms with Crippen molar-refractivity contribution < 1.29 is 9.53 Å². The molecule has 0 radical (unpaired) electrons. The standard InChI is InChI=1S/C14H21N3O2/c1-14(2)8-11-7-10(3-4-12(11)19-14)9-16-5-6-17-13(15)18/h3-4,7,16H,5-6,8-9H2,1-2H3,(H3,15,17,18). The molecule has 4 N–H and O–H groups in total. The second-order valence-electron chi connectivity index (χ2n) is 5.45. The van der Waals surface area contributed by atoms with Crippen LogP contribution in [0.1, 0.15) is 25.0 Å². The summed E-state index contributed by atoms with van der Waals surface area (Å²) in [5.74, 6) is 0.990. The number of fused-ring (bicyclic) bond motifs is 1. The van der Waals surface area contributed by atoms with Gasteiger partial charge in [-0.2, -0.15) is 0 Å². The Labute approximate surface area is 113 Å². The van der Waals surface area contributed by atoms with Crippen LogP contribution in [0.2, 0.25) is 0 Å². The number of carbonyl (C=O) groups is 1. The van der Waals surface area contributed by atoms with Gasteiger partial charge in [0, 0.05) is 26.1 Å².